The molecule has 48 heavy (non-hydrogen) atoms. The first-order valence-corrected chi connectivity index (χ1v) is 15.0. The Bertz CT molecular complexity index is 2130. The summed E-state index contributed by atoms with van der Waals surface area (Å²) >= 11 is 0. The SMILES string of the molecule is CC(C)(C)Oc1ccc(C2=C(C#N)c3c(C#N)c4c(c(C#N)c3/C2=C/C#N)/C(=C/C#N)C(c2ccc(OC(C)(C)C)cc2)=C4C#N)cc1. The summed E-state index contributed by atoms with van der Waals surface area (Å²) in [4.78, 5) is 0. The van der Waals surface area contributed by atoms with Crippen LogP contribution in [-0.2, 0) is 0 Å². The molecule has 2 aliphatic rings. The zero-order chi connectivity index (χ0) is 35.0. The second-order valence-corrected chi connectivity index (χ2v) is 13.0. The van der Waals surface area contributed by atoms with Crippen LogP contribution < -0.4 is 9.47 Å². The monoisotopic (exact) mass is 624 g/mol. The first-order valence-electron chi connectivity index (χ1n) is 15.0. The van der Waals surface area contributed by atoms with Gasteiger partial charge in [0.1, 0.15) is 47.0 Å². The zero-order valence-corrected chi connectivity index (χ0v) is 27.3. The molecule has 0 aliphatic heterocycles. The molecule has 2 aliphatic carbocycles. The fourth-order valence-corrected chi connectivity index (χ4v) is 6.11. The molecule has 0 saturated carbocycles. The molecule has 0 fully saturated rings. The van der Waals surface area contributed by atoms with Crippen molar-refractivity contribution >= 4 is 33.4 Å². The largest absolute Gasteiger partial charge is 0.488 e. The van der Waals surface area contributed by atoms with Crippen LogP contribution in [0.4, 0.5) is 0 Å². The van der Waals surface area contributed by atoms with Crippen molar-refractivity contribution in [3.63, 3.8) is 0 Å². The normalized spacial score (nSPS) is 15.1. The Morgan fingerprint density at radius 3 is 1.08 bits per heavy atom. The van der Waals surface area contributed by atoms with E-state index in [4.69, 9.17) is 9.47 Å². The van der Waals surface area contributed by atoms with Crippen molar-refractivity contribution in [1.82, 2.24) is 0 Å². The Kier molecular flexibility index (Phi) is 8.25. The number of hydrogen-bond acceptors (Lipinski definition) is 8. The number of rotatable bonds is 4. The molecule has 0 heterocycles. The first kappa shape index (κ1) is 32.6. The lowest BCUT2D eigenvalue weighted by atomic mass is 9.84. The van der Waals surface area contributed by atoms with Gasteiger partial charge in [0.05, 0.1) is 34.4 Å². The molecule has 3 aromatic rings. The number of allylic oxidation sites excluding steroid dienone is 8. The number of nitriles is 6. The maximum Gasteiger partial charge on any atom is 0.120 e. The Morgan fingerprint density at radius 2 is 0.812 bits per heavy atom. The number of benzene rings is 3. The second-order valence-electron chi connectivity index (χ2n) is 13.0. The average Bonchev–Trinajstić information content (AvgIpc) is 3.52. The number of ether oxygens (including phenoxy) is 2. The molecule has 0 aromatic heterocycles. The van der Waals surface area contributed by atoms with E-state index in [9.17, 15) is 31.6 Å². The van der Waals surface area contributed by atoms with E-state index in [2.05, 4.69) is 24.3 Å². The van der Waals surface area contributed by atoms with Crippen molar-refractivity contribution in [2.24, 2.45) is 0 Å². The molecule has 8 heteroatoms. The predicted octanol–water partition coefficient (Wildman–Crippen LogP) is 8.49. The molecule has 0 spiro atoms. The van der Waals surface area contributed by atoms with Crippen molar-refractivity contribution in [3.8, 4) is 47.9 Å². The van der Waals surface area contributed by atoms with Gasteiger partial charge in [0.15, 0.2) is 0 Å². The highest BCUT2D eigenvalue weighted by Gasteiger charge is 2.41. The van der Waals surface area contributed by atoms with E-state index in [0.29, 0.717) is 33.8 Å². The average molecular weight is 625 g/mol. The van der Waals surface area contributed by atoms with Crippen molar-refractivity contribution in [3.05, 3.63) is 105 Å². The van der Waals surface area contributed by atoms with Gasteiger partial charge in [-0.15, -0.1) is 0 Å². The van der Waals surface area contributed by atoms with Crippen molar-refractivity contribution < 1.29 is 9.47 Å². The lowest BCUT2D eigenvalue weighted by Gasteiger charge is -2.21. The Hall–Kier alpha value is -6.84. The van der Waals surface area contributed by atoms with Gasteiger partial charge in [0, 0.05) is 56.7 Å². The molecule has 0 saturated heterocycles. The highest BCUT2D eigenvalue weighted by Crippen LogP contribution is 2.56. The fourth-order valence-electron chi connectivity index (χ4n) is 6.11. The topological polar surface area (TPSA) is 161 Å². The van der Waals surface area contributed by atoms with Crippen LogP contribution in [0.15, 0.2) is 60.7 Å². The van der Waals surface area contributed by atoms with E-state index in [-0.39, 0.29) is 55.7 Å². The van der Waals surface area contributed by atoms with Crippen LogP contribution in [0.25, 0.3) is 33.4 Å². The van der Waals surface area contributed by atoms with Crippen molar-refractivity contribution in [2.45, 2.75) is 52.7 Å². The van der Waals surface area contributed by atoms with Crippen LogP contribution in [0.1, 0.15) is 86.1 Å². The third-order valence-electron chi connectivity index (χ3n) is 7.58. The summed E-state index contributed by atoms with van der Waals surface area (Å²) in [7, 11) is 0. The van der Waals surface area contributed by atoms with Crippen LogP contribution in [0.2, 0.25) is 0 Å². The van der Waals surface area contributed by atoms with Gasteiger partial charge >= 0.3 is 0 Å². The molecule has 230 valence electrons. The lowest BCUT2D eigenvalue weighted by Crippen LogP contribution is -2.22. The number of hydrogen-bond donors (Lipinski definition) is 0. The van der Waals surface area contributed by atoms with Crippen LogP contribution in [0.3, 0.4) is 0 Å². The Labute approximate surface area is 279 Å². The molecule has 8 nitrogen and oxygen atoms in total. The molecule has 0 N–H and O–H groups in total. The molecule has 0 unspecified atom stereocenters. The summed E-state index contributed by atoms with van der Waals surface area (Å²) in [6, 6.07) is 27.0. The molecule has 0 radical (unpaired) electrons. The van der Waals surface area contributed by atoms with E-state index < -0.39 is 11.2 Å². The van der Waals surface area contributed by atoms with E-state index in [0.717, 1.165) is 0 Å². The third kappa shape index (κ3) is 5.57. The minimum absolute atomic E-state index is 0.00477. The van der Waals surface area contributed by atoms with E-state index >= 15 is 0 Å². The van der Waals surface area contributed by atoms with E-state index in [1.807, 2.05) is 53.7 Å². The maximum absolute atomic E-state index is 10.7. The third-order valence-corrected chi connectivity index (χ3v) is 7.58. The van der Waals surface area contributed by atoms with Crippen LogP contribution in [0, 0.1) is 68.0 Å². The molecular formula is C40H28N6O2. The number of nitrogens with zero attached hydrogens (tertiary/aromatic N) is 6. The summed E-state index contributed by atoms with van der Waals surface area (Å²) in [6.07, 6.45) is 2.51. The van der Waals surface area contributed by atoms with Gasteiger partial charge in [0.2, 0.25) is 0 Å². The second kappa shape index (κ2) is 12.2. The molecule has 3 aromatic carbocycles. The maximum atomic E-state index is 10.7. The van der Waals surface area contributed by atoms with Gasteiger partial charge in [0.25, 0.3) is 0 Å². The van der Waals surface area contributed by atoms with Gasteiger partial charge in [-0.2, -0.15) is 31.6 Å². The van der Waals surface area contributed by atoms with Crippen LogP contribution >= 0.6 is 0 Å². The van der Waals surface area contributed by atoms with Gasteiger partial charge in [-0.05, 0) is 76.9 Å². The van der Waals surface area contributed by atoms with Crippen LogP contribution in [-0.4, -0.2) is 11.2 Å². The smallest absolute Gasteiger partial charge is 0.120 e. The Balaban J connectivity index is 1.84. The van der Waals surface area contributed by atoms with Gasteiger partial charge < -0.3 is 9.47 Å². The lowest BCUT2D eigenvalue weighted by molar-refractivity contribution is 0.130. The summed E-state index contributed by atoms with van der Waals surface area (Å²) in [5, 5.41) is 62.4. The first-order chi connectivity index (χ1) is 22.8. The Morgan fingerprint density at radius 1 is 0.479 bits per heavy atom. The minimum Gasteiger partial charge on any atom is -0.488 e. The highest BCUT2D eigenvalue weighted by molar-refractivity contribution is 6.31. The summed E-state index contributed by atoms with van der Waals surface area (Å²) in [6.45, 7) is 11.5. The van der Waals surface area contributed by atoms with E-state index in [1.165, 1.54) is 12.2 Å². The molecule has 0 amide bonds. The fraction of sp³-hybridized carbons (Fsp3) is 0.200. The minimum atomic E-state index is -0.445. The predicted molar refractivity (Wildman–Crippen MR) is 182 cm³/mol. The van der Waals surface area contributed by atoms with Gasteiger partial charge in [-0.3, -0.25) is 0 Å². The molecule has 5 rings (SSSR count). The highest BCUT2D eigenvalue weighted by atomic mass is 16.5. The van der Waals surface area contributed by atoms with Gasteiger partial charge in [-0.25, -0.2) is 0 Å². The zero-order valence-electron chi connectivity index (χ0n) is 27.3. The van der Waals surface area contributed by atoms with E-state index in [1.54, 1.807) is 48.5 Å². The summed E-state index contributed by atoms with van der Waals surface area (Å²) in [5.74, 6) is 1.20. The number of fused-ring (bicyclic) bond motifs is 2. The molecule has 0 bridgehead atoms. The quantitative estimate of drug-likeness (QED) is 0.261. The standard InChI is InChI=1S/C40H28N6O2/c1-39(2,3)47-25-11-7-23(8-12-25)33-27(15-17-41)35-31(21-45)36-28(16-18-42)34(24-9-13-26(14-10-24)48-40(4,5)6)30(20-44)38(36)32(22-46)37(35)29(33)19-43/h7-16H,1-6H3/b27-15+,28-16+. The van der Waals surface area contributed by atoms with Crippen molar-refractivity contribution in [2.75, 3.05) is 0 Å². The summed E-state index contributed by atoms with van der Waals surface area (Å²) < 4.78 is 11.9. The van der Waals surface area contributed by atoms with Crippen LogP contribution in [0.5, 0.6) is 11.5 Å². The van der Waals surface area contributed by atoms with Gasteiger partial charge in [-0.1, -0.05) is 24.3 Å². The van der Waals surface area contributed by atoms with Crippen molar-refractivity contribution in [1.29, 1.82) is 31.6 Å². The summed E-state index contributed by atoms with van der Waals surface area (Å²) in [5.41, 5.74) is 2.60. The molecular weight excluding hydrogens is 596 g/mol. The molecule has 0 atom stereocenters.